The summed E-state index contributed by atoms with van der Waals surface area (Å²) in [5, 5.41) is 11.6. The predicted molar refractivity (Wildman–Crippen MR) is 231 cm³/mol. The molecule has 0 bridgehead atoms. The van der Waals surface area contributed by atoms with Gasteiger partial charge in [0.05, 0.1) is 5.56 Å². The van der Waals surface area contributed by atoms with E-state index >= 15 is 0 Å². The Balaban J connectivity index is 1.12. The lowest BCUT2D eigenvalue weighted by molar-refractivity contribution is 0.620. The molecule has 2 aromatic heterocycles. The van der Waals surface area contributed by atoms with Crippen LogP contribution in [-0.2, 0) is 5.41 Å². The summed E-state index contributed by atoms with van der Waals surface area (Å²) >= 11 is 0. The van der Waals surface area contributed by atoms with Gasteiger partial charge in [0, 0.05) is 32.9 Å². The third-order valence-corrected chi connectivity index (χ3v) is 12.1. The van der Waals surface area contributed by atoms with Crippen LogP contribution in [0.3, 0.4) is 0 Å². The first-order chi connectivity index (χ1) is 27.5. The minimum Gasteiger partial charge on any atom is -0.455 e. The minimum absolute atomic E-state index is 0.215. The molecule has 11 aromatic rings. The highest BCUT2D eigenvalue weighted by atomic mass is 16.3. The van der Waals surface area contributed by atoms with Crippen molar-refractivity contribution in [3.05, 3.63) is 175 Å². The van der Waals surface area contributed by atoms with Crippen molar-refractivity contribution in [2.75, 3.05) is 0 Å². The van der Waals surface area contributed by atoms with E-state index in [4.69, 9.17) is 19.4 Å². The van der Waals surface area contributed by atoms with Gasteiger partial charge in [0.1, 0.15) is 11.2 Å². The van der Waals surface area contributed by atoms with Gasteiger partial charge in [0.2, 0.25) is 0 Å². The van der Waals surface area contributed by atoms with Crippen LogP contribution in [0.25, 0.3) is 110 Å². The summed E-state index contributed by atoms with van der Waals surface area (Å²) in [6.07, 6.45) is 0. The fraction of sp³-hybridized carbons (Fsp3) is 0.0577. The third-order valence-electron chi connectivity index (χ3n) is 12.1. The molecule has 0 saturated carbocycles. The monoisotopic (exact) mass is 715 g/mol. The zero-order valence-electron chi connectivity index (χ0n) is 30.8. The Bertz CT molecular complexity index is 3470. The van der Waals surface area contributed by atoms with E-state index in [0.717, 1.165) is 49.4 Å². The maximum atomic E-state index is 7.06. The first kappa shape index (κ1) is 31.2. The summed E-state index contributed by atoms with van der Waals surface area (Å²) in [6.45, 7) is 4.60. The molecule has 1 aliphatic carbocycles. The van der Waals surface area contributed by atoms with E-state index in [2.05, 4.69) is 178 Å². The molecule has 262 valence electrons. The van der Waals surface area contributed by atoms with Crippen molar-refractivity contribution in [2.24, 2.45) is 0 Å². The second kappa shape index (κ2) is 11.4. The number of para-hydroxylation sites is 1. The van der Waals surface area contributed by atoms with Gasteiger partial charge in [0.15, 0.2) is 17.5 Å². The molecular formula is C52H33N3O. The van der Waals surface area contributed by atoms with Gasteiger partial charge in [-0.05, 0) is 78.0 Å². The number of hydrogen-bond donors (Lipinski definition) is 0. The van der Waals surface area contributed by atoms with Crippen LogP contribution in [0.15, 0.2) is 168 Å². The summed E-state index contributed by atoms with van der Waals surface area (Å²) in [4.78, 5) is 15.8. The SMILES string of the molecule is CC1(C)c2ccccc2-c2ccc3c(oc4c(-c5nc(-c6ccc7ccccc7c6)nc(-c6cccc7c6ccc6ccc8ccccc8c67)n5)cccc43)c21. The topological polar surface area (TPSA) is 51.8 Å². The van der Waals surface area contributed by atoms with E-state index in [9.17, 15) is 0 Å². The number of nitrogens with zero attached hydrogens (tertiary/aromatic N) is 3. The molecule has 1 aliphatic rings. The Hall–Kier alpha value is -7.17. The number of fused-ring (bicyclic) bond motifs is 13. The highest BCUT2D eigenvalue weighted by Gasteiger charge is 2.38. The van der Waals surface area contributed by atoms with Crippen molar-refractivity contribution in [1.82, 2.24) is 15.0 Å². The Morgan fingerprint density at radius 3 is 1.89 bits per heavy atom. The molecule has 0 aliphatic heterocycles. The van der Waals surface area contributed by atoms with Crippen LogP contribution in [0.5, 0.6) is 0 Å². The van der Waals surface area contributed by atoms with Crippen LogP contribution >= 0.6 is 0 Å². The van der Waals surface area contributed by atoms with Gasteiger partial charge in [-0.15, -0.1) is 0 Å². The van der Waals surface area contributed by atoms with Gasteiger partial charge in [-0.3, -0.25) is 0 Å². The number of hydrogen-bond acceptors (Lipinski definition) is 4. The summed E-state index contributed by atoms with van der Waals surface area (Å²) < 4.78 is 7.06. The van der Waals surface area contributed by atoms with Crippen LogP contribution in [0.4, 0.5) is 0 Å². The van der Waals surface area contributed by atoms with E-state index in [1.807, 2.05) is 0 Å². The first-order valence-electron chi connectivity index (χ1n) is 19.2. The molecule has 0 fully saturated rings. The smallest absolute Gasteiger partial charge is 0.167 e. The average Bonchev–Trinajstić information content (AvgIpc) is 3.74. The molecule has 0 saturated heterocycles. The summed E-state index contributed by atoms with van der Waals surface area (Å²) in [6, 6.07) is 58.3. The van der Waals surface area contributed by atoms with Crippen molar-refractivity contribution in [1.29, 1.82) is 0 Å². The Morgan fingerprint density at radius 2 is 1.00 bits per heavy atom. The van der Waals surface area contributed by atoms with Crippen molar-refractivity contribution >= 4 is 65.0 Å². The summed E-state index contributed by atoms with van der Waals surface area (Å²) in [7, 11) is 0. The van der Waals surface area contributed by atoms with Crippen LogP contribution in [0.1, 0.15) is 25.0 Å². The van der Waals surface area contributed by atoms with E-state index in [-0.39, 0.29) is 5.41 Å². The van der Waals surface area contributed by atoms with Crippen LogP contribution < -0.4 is 0 Å². The lowest BCUT2D eigenvalue weighted by Gasteiger charge is -2.21. The Morgan fingerprint density at radius 1 is 0.393 bits per heavy atom. The number of furan rings is 1. The molecule has 56 heavy (non-hydrogen) atoms. The van der Waals surface area contributed by atoms with Crippen molar-refractivity contribution in [3.8, 4) is 45.3 Å². The highest BCUT2D eigenvalue weighted by molar-refractivity contribution is 6.22. The van der Waals surface area contributed by atoms with Gasteiger partial charge in [-0.25, -0.2) is 15.0 Å². The maximum Gasteiger partial charge on any atom is 0.167 e. The predicted octanol–water partition coefficient (Wildman–Crippen LogP) is 13.7. The molecule has 0 N–H and O–H groups in total. The quantitative estimate of drug-likeness (QED) is 0.171. The molecule has 0 atom stereocenters. The second-order valence-electron chi connectivity index (χ2n) is 15.5. The lowest BCUT2D eigenvalue weighted by atomic mass is 9.82. The molecule has 4 nitrogen and oxygen atoms in total. The fourth-order valence-corrected chi connectivity index (χ4v) is 9.41. The molecule has 9 aromatic carbocycles. The second-order valence-corrected chi connectivity index (χ2v) is 15.5. The van der Waals surface area contributed by atoms with Gasteiger partial charge < -0.3 is 4.42 Å². The van der Waals surface area contributed by atoms with Gasteiger partial charge in [-0.2, -0.15) is 0 Å². The summed E-state index contributed by atoms with van der Waals surface area (Å²) in [5.74, 6) is 1.81. The Kier molecular flexibility index (Phi) is 6.37. The fourth-order valence-electron chi connectivity index (χ4n) is 9.41. The number of aromatic nitrogens is 3. The summed E-state index contributed by atoms with van der Waals surface area (Å²) in [5.41, 5.74) is 9.25. The largest absolute Gasteiger partial charge is 0.455 e. The third kappa shape index (κ3) is 4.38. The van der Waals surface area contributed by atoms with Crippen molar-refractivity contribution in [2.45, 2.75) is 19.3 Å². The van der Waals surface area contributed by atoms with Crippen molar-refractivity contribution in [3.63, 3.8) is 0 Å². The molecule has 2 heterocycles. The van der Waals surface area contributed by atoms with E-state index in [1.54, 1.807) is 0 Å². The minimum atomic E-state index is -0.215. The molecule has 4 heteroatoms. The van der Waals surface area contributed by atoms with E-state index in [1.165, 1.54) is 54.6 Å². The molecule has 0 spiro atoms. The molecule has 0 amide bonds. The highest BCUT2D eigenvalue weighted by Crippen LogP contribution is 2.53. The van der Waals surface area contributed by atoms with Crippen LogP contribution in [-0.4, -0.2) is 15.0 Å². The average molecular weight is 716 g/mol. The molecule has 12 rings (SSSR count). The molecular weight excluding hydrogens is 683 g/mol. The van der Waals surface area contributed by atoms with Crippen LogP contribution in [0.2, 0.25) is 0 Å². The van der Waals surface area contributed by atoms with Gasteiger partial charge in [0.25, 0.3) is 0 Å². The maximum absolute atomic E-state index is 7.06. The zero-order valence-corrected chi connectivity index (χ0v) is 30.8. The number of rotatable bonds is 3. The van der Waals surface area contributed by atoms with Gasteiger partial charge >= 0.3 is 0 Å². The van der Waals surface area contributed by atoms with Crippen LogP contribution in [0, 0.1) is 0 Å². The standard InChI is InChI=1S/C52H33N3O/c1-52(2)44-20-8-7-15-37(44)39-27-28-41-40-17-10-19-43(47(40)56-48(41)46(39)52)51-54-49(34-24-21-30-11-3-4-13-33(30)29-34)53-50(55-51)42-18-9-16-38-36(42)26-25-32-23-22-31-12-5-6-14-35(31)45(32)38/h3-29H,1-2H3. The normalized spacial score (nSPS) is 13.3. The van der Waals surface area contributed by atoms with Crippen molar-refractivity contribution < 1.29 is 4.42 Å². The molecule has 0 radical (unpaired) electrons. The van der Waals surface area contributed by atoms with Gasteiger partial charge in [-0.1, -0.05) is 159 Å². The molecule has 0 unspecified atom stereocenters. The zero-order chi connectivity index (χ0) is 37.1. The number of benzene rings is 9. The Labute approximate surface area is 322 Å². The first-order valence-corrected chi connectivity index (χ1v) is 19.2. The lowest BCUT2D eigenvalue weighted by Crippen LogP contribution is -2.15. The van der Waals surface area contributed by atoms with E-state index in [0.29, 0.717) is 17.5 Å². The van der Waals surface area contributed by atoms with E-state index < -0.39 is 0 Å².